The van der Waals surface area contributed by atoms with E-state index in [0.29, 0.717) is 0 Å². The van der Waals surface area contributed by atoms with Crippen molar-refractivity contribution < 1.29 is 28.7 Å². The Morgan fingerprint density at radius 1 is 1.04 bits per heavy atom. The molecule has 0 heterocycles. The Morgan fingerprint density at radius 3 is 2.04 bits per heavy atom. The van der Waals surface area contributed by atoms with Crippen molar-refractivity contribution in [1.29, 1.82) is 0 Å². The van der Waals surface area contributed by atoms with Crippen molar-refractivity contribution in [2.45, 2.75) is 67.0 Å². The molecule has 2 atom stereocenters. The second kappa shape index (κ2) is 11.3. The molecule has 0 rings (SSSR count). The van der Waals surface area contributed by atoms with Gasteiger partial charge in [0.25, 0.3) is 0 Å². The Labute approximate surface area is 166 Å². The average Bonchev–Trinajstić information content (AvgIpc) is 2.52. The predicted octanol–water partition coefficient (Wildman–Crippen LogP) is 2.66. The highest BCUT2D eigenvalue weighted by molar-refractivity contribution is 8.13. The molecule has 27 heavy (non-hydrogen) atoms. The van der Waals surface area contributed by atoms with E-state index < -0.39 is 35.4 Å². The lowest BCUT2D eigenvalue weighted by atomic mass is 10.1. The molecule has 0 aromatic heterocycles. The molecule has 0 fully saturated rings. The van der Waals surface area contributed by atoms with Crippen LogP contribution in [0.5, 0.6) is 0 Å². The van der Waals surface area contributed by atoms with E-state index in [0.717, 1.165) is 11.8 Å². The third kappa shape index (κ3) is 11.0. The lowest BCUT2D eigenvalue weighted by Crippen LogP contribution is -2.50. The summed E-state index contributed by atoms with van der Waals surface area (Å²) in [6.45, 7) is 13.5. The first kappa shape index (κ1) is 25.4. The van der Waals surface area contributed by atoms with Crippen molar-refractivity contribution in [3.63, 3.8) is 0 Å². The van der Waals surface area contributed by atoms with Crippen LogP contribution in [0.25, 0.3) is 0 Å². The van der Waals surface area contributed by atoms with Crippen LogP contribution < -0.4 is 0 Å². The van der Waals surface area contributed by atoms with Gasteiger partial charge in [-0.15, -0.1) is 0 Å². The fourth-order valence-electron chi connectivity index (χ4n) is 2.01. The van der Waals surface area contributed by atoms with E-state index in [4.69, 9.17) is 9.47 Å². The maximum absolute atomic E-state index is 12.8. The van der Waals surface area contributed by atoms with Crippen molar-refractivity contribution in [3.05, 3.63) is 0 Å². The Balaban J connectivity index is 5.29. The maximum Gasteiger partial charge on any atom is 0.328 e. The minimum Gasteiger partial charge on any atom is -0.464 e. The minimum absolute atomic E-state index is 0.0993. The molecule has 0 bridgehead atoms. The SMILES string of the molecule is CC(=O)SC[C@H](C)C(=O)N(CC(=O)OC(C)(C)C)[C@H](C)C(=O)OCC(C)C. The number of thioether (sulfide) groups is 1. The second-order valence-corrected chi connectivity index (χ2v) is 9.15. The summed E-state index contributed by atoms with van der Waals surface area (Å²) in [7, 11) is 0. The number of nitrogens with zero attached hydrogens (tertiary/aromatic N) is 1. The molecule has 0 aromatic rings. The van der Waals surface area contributed by atoms with Gasteiger partial charge in [-0.1, -0.05) is 32.5 Å². The predicted molar refractivity (Wildman–Crippen MR) is 105 cm³/mol. The van der Waals surface area contributed by atoms with E-state index in [1.54, 1.807) is 27.7 Å². The van der Waals surface area contributed by atoms with Crippen LogP contribution >= 0.6 is 11.8 Å². The van der Waals surface area contributed by atoms with Crippen molar-refractivity contribution in [2.24, 2.45) is 11.8 Å². The van der Waals surface area contributed by atoms with Crippen LogP contribution in [-0.4, -0.2) is 58.4 Å². The van der Waals surface area contributed by atoms with Crippen LogP contribution in [0.15, 0.2) is 0 Å². The molecule has 0 spiro atoms. The van der Waals surface area contributed by atoms with Crippen molar-refractivity contribution in [3.8, 4) is 0 Å². The molecule has 8 heteroatoms. The second-order valence-electron chi connectivity index (χ2n) is 7.96. The Hall–Kier alpha value is -1.57. The zero-order valence-corrected chi connectivity index (χ0v) is 18.5. The number of amides is 1. The monoisotopic (exact) mass is 403 g/mol. The summed E-state index contributed by atoms with van der Waals surface area (Å²) in [5.41, 5.74) is -0.705. The van der Waals surface area contributed by atoms with Crippen molar-refractivity contribution in [2.75, 3.05) is 18.9 Å². The van der Waals surface area contributed by atoms with Gasteiger partial charge in [0, 0.05) is 18.6 Å². The third-order valence-electron chi connectivity index (χ3n) is 3.33. The summed E-state index contributed by atoms with van der Waals surface area (Å²) in [5.74, 6) is -1.70. The summed E-state index contributed by atoms with van der Waals surface area (Å²) >= 11 is 1.03. The first-order valence-corrected chi connectivity index (χ1v) is 10.1. The average molecular weight is 404 g/mol. The molecule has 0 unspecified atom stereocenters. The number of carbonyl (C=O) groups is 4. The highest BCUT2D eigenvalue weighted by Gasteiger charge is 2.33. The molecular formula is C19H33NO6S. The number of carbonyl (C=O) groups excluding carboxylic acids is 4. The fourth-order valence-corrected chi connectivity index (χ4v) is 2.64. The number of hydrogen-bond donors (Lipinski definition) is 0. The molecular weight excluding hydrogens is 370 g/mol. The van der Waals surface area contributed by atoms with E-state index in [9.17, 15) is 19.2 Å². The Bertz CT molecular complexity index is 541. The maximum atomic E-state index is 12.8. The standard InChI is InChI=1S/C19H33NO6S/c1-12(2)10-25-18(24)14(4)20(9-16(22)26-19(6,7)8)17(23)13(3)11-27-15(5)21/h12-14H,9-11H2,1-8H3/t13-,14+/m0/s1. The molecule has 0 aliphatic rings. The molecule has 0 radical (unpaired) electrons. The first-order chi connectivity index (χ1) is 12.2. The third-order valence-corrected chi connectivity index (χ3v) is 4.40. The van der Waals surface area contributed by atoms with Crippen molar-refractivity contribution >= 4 is 34.7 Å². The van der Waals surface area contributed by atoms with E-state index in [2.05, 4.69) is 0 Å². The van der Waals surface area contributed by atoms with Crippen LogP contribution in [0.2, 0.25) is 0 Å². The van der Waals surface area contributed by atoms with Crippen LogP contribution in [0, 0.1) is 11.8 Å². The summed E-state index contributed by atoms with van der Waals surface area (Å²) < 4.78 is 10.5. The van der Waals surface area contributed by atoms with Gasteiger partial charge < -0.3 is 14.4 Å². The van der Waals surface area contributed by atoms with Gasteiger partial charge in [0.1, 0.15) is 18.2 Å². The van der Waals surface area contributed by atoms with Gasteiger partial charge in [-0.2, -0.15) is 0 Å². The minimum atomic E-state index is -0.937. The quantitative estimate of drug-likeness (QED) is 0.547. The smallest absolute Gasteiger partial charge is 0.328 e. The molecule has 0 aliphatic heterocycles. The summed E-state index contributed by atoms with van der Waals surface area (Å²) in [6.07, 6.45) is 0. The van der Waals surface area contributed by atoms with E-state index in [-0.39, 0.29) is 29.9 Å². The van der Waals surface area contributed by atoms with Crippen molar-refractivity contribution in [1.82, 2.24) is 4.90 Å². The van der Waals surface area contributed by atoms with Crippen LogP contribution in [0.4, 0.5) is 0 Å². The number of ether oxygens (including phenoxy) is 2. The molecule has 0 aliphatic carbocycles. The molecule has 7 nitrogen and oxygen atoms in total. The molecule has 0 N–H and O–H groups in total. The zero-order valence-electron chi connectivity index (χ0n) is 17.7. The van der Waals surface area contributed by atoms with Gasteiger partial charge in [0.05, 0.1) is 6.61 Å². The molecule has 0 aromatic carbocycles. The first-order valence-electron chi connectivity index (χ1n) is 9.07. The lowest BCUT2D eigenvalue weighted by Gasteiger charge is -2.30. The highest BCUT2D eigenvalue weighted by Crippen LogP contribution is 2.16. The van der Waals surface area contributed by atoms with Gasteiger partial charge in [-0.05, 0) is 33.6 Å². The molecule has 156 valence electrons. The highest BCUT2D eigenvalue weighted by atomic mass is 32.2. The summed E-state index contributed by atoms with van der Waals surface area (Å²) in [5, 5.41) is -0.0993. The van der Waals surface area contributed by atoms with E-state index in [1.807, 2.05) is 13.8 Å². The van der Waals surface area contributed by atoms with Gasteiger partial charge in [0.2, 0.25) is 5.91 Å². The molecule has 1 amide bonds. The van der Waals surface area contributed by atoms with Crippen LogP contribution in [-0.2, 0) is 28.7 Å². The molecule has 0 saturated heterocycles. The van der Waals surface area contributed by atoms with Gasteiger partial charge in [-0.25, -0.2) is 4.79 Å². The lowest BCUT2D eigenvalue weighted by molar-refractivity contribution is -0.164. The summed E-state index contributed by atoms with van der Waals surface area (Å²) in [6, 6.07) is -0.937. The topological polar surface area (TPSA) is 90.0 Å². The van der Waals surface area contributed by atoms with Gasteiger partial charge >= 0.3 is 11.9 Å². The zero-order chi connectivity index (χ0) is 21.4. The van der Waals surface area contributed by atoms with Gasteiger partial charge in [-0.3, -0.25) is 14.4 Å². The number of esters is 2. The molecule has 0 saturated carbocycles. The van der Waals surface area contributed by atoms with Crippen LogP contribution in [0.1, 0.15) is 55.4 Å². The van der Waals surface area contributed by atoms with Crippen LogP contribution in [0.3, 0.4) is 0 Å². The van der Waals surface area contributed by atoms with E-state index >= 15 is 0 Å². The Morgan fingerprint density at radius 2 is 1.59 bits per heavy atom. The summed E-state index contributed by atoms with van der Waals surface area (Å²) in [4.78, 5) is 49.7. The number of rotatable bonds is 9. The normalized spacial score (nSPS) is 13.7. The fraction of sp³-hybridized carbons (Fsp3) is 0.789. The Kier molecular flexibility index (Phi) is 10.7. The largest absolute Gasteiger partial charge is 0.464 e. The number of hydrogen-bond acceptors (Lipinski definition) is 7. The van der Waals surface area contributed by atoms with E-state index in [1.165, 1.54) is 18.7 Å². The van der Waals surface area contributed by atoms with Gasteiger partial charge in [0.15, 0.2) is 5.12 Å².